The summed E-state index contributed by atoms with van der Waals surface area (Å²) in [5.74, 6) is 0. The summed E-state index contributed by atoms with van der Waals surface area (Å²) in [6.45, 7) is 1.91. The first kappa shape index (κ1) is 13.7. The van der Waals surface area contributed by atoms with Crippen molar-refractivity contribution in [3.63, 3.8) is 0 Å². The third-order valence-electron chi connectivity index (χ3n) is 3.53. The van der Waals surface area contributed by atoms with Gasteiger partial charge < -0.3 is 14.9 Å². The Morgan fingerprint density at radius 1 is 1.30 bits per heavy atom. The summed E-state index contributed by atoms with van der Waals surface area (Å²) in [7, 11) is 0. The Kier molecular flexibility index (Phi) is 3.63. The van der Waals surface area contributed by atoms with Gasteiger partial charge in [0.1, 0.15) is 29.1 Å². The van der Waals surface area contributed by atoms with E-state index in [0.29, 0.717) is 17.6 Å². The van der Waals surface area contributed by atoms with Crippen LogP contribution in [0.2, 0.25) is 0 Å². The lowest BCUT2D eigenvalue weighted by molar-refractivity contribution is -0.0355. The topological polar surface area (TPSA) is 93.3 Å². The Balaban J connectivity index is 2.03. The van der Waals surface area contributed by atoms with E-state index in [1.54, 1.807) is 10.9 Å². The molecule has 2 aromatic heterocycles. The van der Waals surface area contributed by atoms with Crippen molar-refractivity contribution in [3.05, 3.63) is 12.7 Å². The lowest BCUT2D eigenvalue weighted by atomic mass is 10.1. The van der Waals surface area contributed by atoms with Crippen molar-refractivity contribution in [2.45, 2.75) is 42.9 Å². The molecule has 1 aliphatic rings. The number of imidazole rings is 1. The molecule has 20 heavy (non-hydrogen) atoms. The molecule has 0 bridgehead atoms. The molecular formula is C12H16N4O3S. The number of aromatic nitrogens is 4. The molecule has 0 saturated carbocycles. The molecule has 1 unspecified atom stereocenters. The van der Waals surface area contributed by atoms with Gasteiger partial charge in [0.15, 0.2) is 11.9 Å². The highest BCUT2D eigenvalue weighted by Gasteiger charge is 2.43. The maximum absolute atomic E-state index is 10.1. The Hall–Kier alpha value is -1.22. The maximum Gasteiger partial charge on any atom is 0.166 e. The molecule has 8 heteroatoms. The van der Waals surface area contributed by atoms with Crippen molar-refractivity contribution in [1.29, 1.82) is 0 Å². The Bertz CT molecular complexity index is 620. The van der Waals surface area contributed by atoms with Crippen LogP contribution in [0.15, 0.2) is 17.7 Å². The van der Waals surface area contributed by atoms with Gasteiger partial charge >= 0.3 is 0 Å². The number of hydrogen-bond donors (Lipinski definition) is 2. The van der Waals surface area contributed by atoms with Gasteiger partial charge in [-0.1, -0.05) is 6.92 Å². The monoisotopic (exact) mass is 296 g/mol. The minimum absolute atomic E-state index is 0.380. The number of fused-ring (bicyclic) bond motifs is 1. The molecule has 7 nitrogen and oxygen atoms in total. The average molecular weight is 296 g/mol. The second-order valence-electron chi connectivity index (χ2n) is 4.66. The van der Waals surface area contributed by atoms with E-state index in [1.807, 2.05) is 13.2 Å². The van der Waals surface area contributed by atoms with E-state index in [-0.39, 0.29) is 6.10 Å². The lowest BCUT2D eigenvalue weighted by Crippen LogP contribution is -2.31. The molecule has 0 radical (unpaired) electrons. The maximum atomic E-state index is 10.1. The molecule has 108 valence electrons. The van der Waals surface area contributed by atoms with Crippen LogP contribution in [-0.2, 0) is 4.74 Å². The van der Waals surface area contributed by atoms with Gasteiger partial charge in [0.2, 0.25) is 0 Å². The highest BCUT2D eigenvalue weighted by molar-refractivity contribution is 7.98. The normalized spacial score (nSPS) is 30.2. The molecule has 0 amide bonds. The molecule has 0 spiro atoms. The van der Waals surface area contributed by atoms with Crippen molar-refractivity contribution in [2.24, 2.45) is 0 Å². The number of hydrogen-bond acceptors (Lipinski definition) is 7. The number of nitrogens with zero attached hydrogens (tertiary/aromatic N) is 4. The number of thioether (sulfide) groups is 1. The predicted molar refractivity (Wildman–Crippen MR) is 73.3 cm³/mol. The van der Waals surface area contributed by atoms with Crippen molar-refractivity contribution >= 4 is 22.9 Å². The van der Waals surface area contributed by atoms with Crippen LogP contribution >= 0.6 is 11.8 Å². The summed E-state index contributed by atoms with van der Waals surface area (Å²) in [6.07, 6.45) is 2.62. The quantitative estimate of drug-likeness (QED) is 0.632. The van der Waals surface area contributed by atoms with Crippen molar-refractivity contribution in [2.75, 3.05) is 6.26 Å². The Labute approximate surface area is 120 Å². The van der Waals surface area contributed by atoms with E-state index in [2.05, 4.69) is 15.0 Å². The fraction of sp³-hybridized carbons (Fsp3) is 0.583. The van der Waals surface area contributed by atoms with Crippen LogP contribution in [0.3, 0.4) is 0 Å². The Morgan fingerprint density at radius 2 is 2.10 bits per heavy atom. The number of ether oxygens (including phenoxy) is 1. The third kappa shape index (κ3) is 1.99. The SMILES string of the molecule is CC[C@H]1O[C@@H](n2cnc3c(SC)ncnc32)C(O)[C@H]1O. The fourth-order valence-electron chi connectivity index (χ4n) is 2.46. The molecule has 0 aromatic carbocycles. The molecule has 1 saturated heterocycles. The number of aliphatic hydroxyl groups excluding tert-OH is 2. The molecule has 1 fully saturated rings. The van der Waals surface area contributed by atoms with Gasteiger partial charge in [0.05, 0.1) is 12.4 Å². The van der Waals surface area contributed by atoms with E-state index < -0.39 is 18.4 Å². The standard InChI is InChI=1S/C12H16N4O3S/c1-3-6-8(17)9(18)12(19-6)16-5-15-7-10(16)13-4-14-11(7)20-2/h4-6,8-9,12,17-18H,3H2,1-2H3/t6-,8+,9?,12-/m1/s1. The van der Waals surface area contributed by atoms with Crippen LogP contribution in [-0.4, -0.2) is 54.3 Å². The van der Waals surface area contributed by atoms with Gasteiger partial charge in [-0.2, -0.15) is 0 Å². The van der Waals surface area contributed by atoms with E-state index in [4.69, 9.17) is 4.74 Å². The highest BCUT2D eigenvalue weighted by Crippen LogP contribution is 2.33. The molecular weight excluding hydrogens is 280 g/mol. The van der Waals surface area contributed by atoms with Crippen molar-refractivity contribution < 1.29 is 14.9 Å². The van der Waals surface area contributed by atoms with Crippen LogP contribution in [0.25, 0.3) is 11.2 Å². The lowest BCUT2D eigenvalue weighted by Gasteiger charge is -2.16. The second kappa shape index (κ2) is 5.28. The third-order valence-corrected chi connectivity index (χ3v) is 4.22. The molecule has 2 N–H and O–H groups in total. The first-order chi connectivity index (χ1) is 9.67. The first-order valence-electron chi connectivity index (χ1n) is 6.40. The van der Waals surface area contributed by atoms with Gasteiger partial charge in [-0.05, 0) is 12.7 Å². The van der Waals surface area contributed by atoms with Gasteiger partial charge in [0.25, 0.3) is 0 Å². The highest BCUT2D eigenvalue weighted by atomic mass is 32.2. The van der Waals surface area contributed by atoms with Gasteiger partial charge in [-0.15, -0.1) is 11.8 Å². The van der Waals surface area contributed by atoms with Crippen molar-refractivity contribution in [3.8, 4) is 0 Å². The van der Waals surface area contributed by atoms with Gasteiger partial charge in [0, 0.05) is 0 Å². The van der Waals surface area contributed by atoms with Crippen LogP contribution < -0.4 is 0 Å². The zero-order chi connectivity index (χ0) is 14.3. The van der Waals surface area contributed by atoms with Crippen LogP contribution in [0, 0.1) is 0 Å². The van der Waals surface area contributed by atoms with E-state index in [1.165, 1.54) is 18.1 Å². The molecule has 3 rings (SSSR count). The minimum atomic E-state index is -0.995. The molecule has 1 aliphatic heterocycles. The van der Waals surface area contributed by atoms with Crippen LogP contribution in [0.1, 0.15) is 19.6 Å². The molecule has 3 heterocycles. The summed E-state index contributed by atoms with van der Waals surface area (Å²) in [5.41, 5.74) is 1.27. The van der Waals surface area contributed by atoms with Gasteiger partial charge in [-0.25, -0.2) is 15.0 Å². The van der Waals surface area contributed by atoms with E-state index in [0.717, 1.165) is 5.03 Å². The largest absolute Gasteiger partial charge is 0.388 e. The zero-order valence-electron chi connectivity index (χ0n) is 11.2. The zero-order valence-corrected chi connectivity index (χ0v) is 12.0. The molecule has 2 aromatic rings. The fourth-order valence-corrected chi connectivity index (χ4v) is 2.95. The second-order valence-corrected chi connectivity index (χ2v) is 5.46. The summed E-state index contributed by atoms with van der Waals surface area (Å²) in [6, 6.07) is 0. The summed E-state index contributed by atoms with van der Waals surface area (Å²) >= 11 is 1.48. The molecule has 0 aliphatic carbocycles. The van der Waals surface area contributed by atoms with E-state index >= 15 is 0 Å². The molecule has 4 atom stereocenters. The summed E-state index contributed by atoms with van der Waals surface area (Å²) in [5, 5.41) is 20.9. The average Bonchev–Trinajstić information content (AvgIpc) is 3.01. The van der Waals surface area contributed by atoms with E-state index in [9.17, 15) is 10.2 Å². The minimum Gasteiger partial charge on any atom is -0.388 e. The number of aliphatic hydroxyl groups is 2. The van der Waals surface area contributed by atoms with Crippen LogP contribution in [0.5, 0.6) is 0 Å². The smallest absolute Gasteiger partial charge is 0.166 e. The first-order valence-corrected chi connectivity index (χ1v) is 7.63. The van der Waals surface area contributed by atoms with Crippen molar-refractivity contribution in [1.82, 2.24) is 19.5 Å². The predicted octanol–water partition coefficient (Wildman–Crippen LogP) is 0.577. The summed E-state index contributed by atoms with van der Waals surface area (Å²) in [4.78, 5) is 12.7. The van der Waals surface area contributed by atoms with Crippen LogP contribution in [0.4, 0.5) is 0 Å². The number of rotatable bonds is 3. The Morgan fingerprint density at radius 3 is 2.75 bits per heavy atom. The van der Waals surface area contributed by atoms with Gasteiger partial charge in [-0.3, -0.25) is 4.57 Å². The summed E-state index contributed by atoms with van der Waals surface area (Å²) < 4.78 is 7.37.